The number of carbonyl (C=O) groups is 1. The molecule has 1 aliphatic rings. The normalized spacial score (nSPS) is 16.5. The van der Waals surface area contributed by atoms with Crippen molar-refractivity contribution in [3.05, 3.63) is 105 Å². The topological polar surface area (TPSA) is 37.3 Å². The zero-order chi connectivity index (χ0) is 23.8. The zero-order valence-electron chi connectivity index (χ0n) is 20.4. The third-order valence-electron chi connectivity index (χ3n) is 7.26. The van der Waals surface area contributed by atoms with Crippen molar-refractivity contribution in [2.75, 3.05) is 0 Å². The average Bonchev–Trinajstić information content (AvgIpc) is 2.77. The zero-order valence-corrected chi connectivity index (χ0v) is 20.4. The van der Waals surface area contributed by atoms with Crippen molar-refractivity contribution in [1.29, 1.82) is 0 Å². The molecule has 4 rings (SSSR count). The Kier molecular flexibility index (Phi) is 6.05. The van der Waals surface area contributed by atoms with Crippen molar-refractivity contribution in [3.63, 3.8) is 0 Å². The fourth-order valence-corrected chi connectivity index (χ4v) is 4.93. The summed E-state index contributed by atoms with van der Waals surface area (Å²) < 4.78 is 0. The molecule has 0 spiro atoms. The molecule has 0 saturated carbocycles. The van der Waals surface area contributed by atoms with Gasteiger partial charge >= 0.3 is 5.97 Å². The minimum Gasteiger partial charge on any atom is -0.478 e. The van der Waals surface area contributed by atoms with Gasteiger partial charge in [0.1, 0.15) is 0 Å². The first kappa shape index (κ1) is 23.0. The standard InChI is InChI=1S/C31H34O2/c1-21-10-12-22(13-11-21)18-25-20-28-27(30(2,3)16-17-31(28,4)5)19-24(25)15-14-23-8-6-7-9-26(23)29(32)33/h6-15,19-20H,16-18H2,1-5H3,(H,32,33). The Morgan fingerprint density at radius 3 is 2.06 bits per heavy atom. The van der Waals surface area contributed by atoms with Gasteiger partial charge in [0.15, 0.2) is 0 Å². The van der Waals surface area contributed by atoms with Crippen molar-refractivity contribution in [2.45, 2.75) is 64.7 Å². The van der Waals surface area contributed by atoms with Crippen LogP contribution >= 0.6 is 0 Å². The number of fused-ring (bicyclic) bond motifs is 1. The molecule has 2 nitrogen and oxygen atoms in total. The van der Waals surface area contributed by atoms with E-state index in [2.05, 4.69) is 77.1 Å². The molecule has 1 aliphatic carbocycles. The minimum absolute atomic E-state index is 0.120. The fraction of sp³-hybridized carbons (Fsp3) is 0.323. The summed E-state index contributed by atoms with van der Waals surface area (Å²) >= 11 is 0. The van der Waals surface area contributed by atoms with Gasteiger partial charge in [-0.1, -0.05) is 100 Å². The molecule has 0 aliphatic heterocycles. The quantitative estimate of drug-likeness (QED) is 0.413. The van der Waals surface area contributed by atoms with E-state index in [-0.39, 0.29) is 10.8 Å². The highest BCUT2D eigenvalue weighted by Gasteiger charge is 2.37. The van der Waals surface area contributed by atoms with Gasteiger partial charge in [-0.2, -0.15) is 0 Å². The van der Waals surface area contributed by atoms with E-state index < -0.39 is 5.97 Å². The Morgan fingerprint density at radius 1 is 0.848 bits per heavy atom. The molecule has 0 fully saturated rings. The molecule has 0 saturated heterocycles. The SMILES string of the molecule is Cc1ccc(Cc2cc3c(cc2C=Cc2ccccc2C(=O)O)C(C)(C)CCC3(C)C)cc1. The lowest BCUT2D eigenvalue weighted by Gasteiger charge is -2.42. The monoisotopic (exact) mass is 438 g/mol. The lowest BCUT2D eigenvalue weighted by atomic mass is 9.62. The Hall–Kier alpha value is -3.13. The number of rotatable bonds is 5. The van der Waals surface area contributed by atoms with E-state index in [1.54, 1.807) is 12.1 Å². The summed E-state index contributed by atoms with van der Waals surface area (Å²) in [4.78, 5) is 11.7. The van der Waals surface area contributed by atoms with E-state index in [0.29, 0.717) is 5.56 Å². The number of aromatic carboxylic acids is 1. The van der Waals surface area contributed by atoms with Crippen LogP contribution in [0, 0.1) is 6.92 Å². The first-order valence-corrected chi connectivity index (χ1v) is 11.8. The van der Waals surface area contributed by atoms with Gasteiger partial charge in [0.2, 0.25) is 0 Å². The van der Waals surface area contributed by atoms with E-state index in [1.807, 2.05) is 18.2 Å². The Bertz CT molecular complexity index is 1210. The van der Waals surface area contributed by atoms with E-state index in [4.69, 9.17) is 0 Å². The summed E-state index contributed by atoms with van der Waals surface area (Å²) in [5.74, 6) is -0.900. The molecular weight excluding hydrogens is 404 g/mol. The number of hydrogen-bond acceptors (Lipinski definition) is 1. The first-order chi connectivity index (χ1) is 15.6. The molecule has 0 aromatic heterocycles. The molecule has 1 N–H and O–H groups in total. The van der Waals surface area contributed by atoms with Gasteiger partial charge in [-0.15, -0.1) is 0 Å². The Labute approximate surface area is 198 Å². The highest BCUT2D eigenvalue weighted by molar-refractivity contribution is 5.93. The number of benzene rings is 3. The smallest absolute Gasteiger partial charge is 0.336 e. The maximum Gasteiger partial charge on any atom is 0.336 e. The molecule has 0 radical (unpaired) electrons. The van der Waals surface area contributed by atoms with Crippen LogP contribution in [0.4, 0.5) is 0 Å². The van der Waals surface area contributed by atoms with Crippen LogP contribution in [0.1, 0.15) is 89.8 Å². The van der Waals surface area contributed by atoms with E-state index >= 15 is 0 Å². The van der Waals surface area contributed by atoms with Gasteiger partial charge in [-0.05, 0) is 76.5 Å². The third kappa shape index (κ3) is 4.80. The Morgan fingerprint density at radius 2 is 1.42 bits per heavy atom. The molecule has 3 aromatic rings. The maximum atomic E-state index is 11.7. The highest BCUT2D eigenvalue weighted by atomic mass is 16.4. The number of carboxylic acid groups (broad SMARTS) is 1. The maximum absolute atomic E-state index is 11.7. The van der Waals surface area contributed by atoms with Gasteiger partial charge < -0.3 is 5.11 Å². The Balaban J connectivity index is 1.85. The molecule has 0 amide bonds. The summed E-state index contributed by atoms with van der Waals surface area (Å²) in [7, 11) is 0. The lowest BCUT2D eigenvalue weighted by Crippen LogP contribution is -2.34. The second-order valence-electron chi connectivity index (χ2n) is 10.8. The van der Waals surface area contributed by atoms with E-state index in [9.17, 15) is 9.90 Å². The first-order valence-electron chi connectivity index (χ1n) is 11.8. The van der Waals surface area contributed by atoms with Crippen molar-refractivity contribution >= 4 is 18.1 Å². The molecule has 0 unspecified atom stereocenters. The largest absolute Gasteiger partial charge is 0.478 e. The van der Waals surface area contributed by atoms with Crippen LogP contribution in [0.2, 0.25) is 0 Å². The van der Waals surface area contributed by atoms with Gasteiger partial charge in [-0.25, -0.2) is 4.79 Å². The van der Waals surface area contributed by atoms with Gasteiger partial charge in [0.25, 0.3) is 0 Å². The van der Waals surface area contributed by atoms with Gasteiger partial charge in [-0.3, -0.25) is 0 Å². The van der Waals surface area contributed by atoms with Crippen molar-refractivity contribution in [2.24, 2.45) is 0 Å². The van der Waals surface area contributed by atoms with Crippen molar-refractivity contribution in [3.8, 4) is 0 Å². The molecule has 170 valence electrons. The van der Waals surface area contributed by atoms with Gasteiger partial charge in [0.05, 0.1) is 5.56 Å². The van der Waals surface area contributed by atoms with Gasteiger partial charge in [0, 0.05) is 0 Å². The van der Waals surface area contributed by atoms with Crippen LogP contribution in [-0.4, -0.2) is 11.1 Å². The number of aryl methyl sites for hydroxylation is 1. The number of hydrogen-bond donors (Lipinski definition) is 1. The summed E-state index contributed by atoms with van der Waals surface area (Å²) in [6.45, 7) is 11.5. The predicted molar refractivity (Wildman–Crippen MR) is 138 cm³/mol. The van der Waals surface area contributed by atoms with Crippen LogP contribution in [-0.2, 0) is 17.3 Å². The molecule has 0 bridgehead atoms. The fourth-order valence-electron chi connectivity index (χ4n) is 4.93. The second kappa shape index (κ2) is 8.67. The highest BCUT2D eigenvalue weighted by Crippen LogP contribution is 2.47. The summed E-state index contributed by atoms with van der Waals surface area (Å²) in [5.41, 5.74) is 9.18. The third-order valence-corrected chi connectivity index (χ3v) is 7.26. The molecule has 33 heavy (non-hydrogen) atoms. The molecule has 0 atom stereocenters. The van der Waals surface area contributed by atoms with E-state index in [0.717, 1.165) is 18.4 Å². The number of carboxylic acids is 1. The van der Waals surface area contributed by atoms with Crippen LogP contribution in [0.3, 0.4) is 0 Å². The molecular formula is C31H34O2. The van der Waals surface area contributed by atoms with Crippen LogP contribution < -0.4 is 0 Å². The van der Waals surface area contributed by atoms with Crippen LogP contribution in [0.15, 0.2) is 60.7 Å². The van der Waals surface area contributed by atoms with E-state index in [1.165, 1.54) is 39.8 Å². The summed E-state index contributed by atoms with van der Waals surface area (Å²) in [6.07, 6.45) is 7.24. The molecule has 3 aromatic carbocycles. The predicted octanol–water partition coefficient (Wildman–Crippen LogP) is 7.80. The summed E-state index contributed by atoms with van der Waals surface area (Å²) in [5, 5.41) is 9.59. The summed E-state index contributed by atoms with van der Waals surface area (Å²) in [6, 6.07) is 20.7. The average molecular weight is 439 g/mol. The van der Waals surface area contributed by atoms with Crippen LogP contribution in [0.5, 0.6) is 0 Å². The van der Waals surface area contributed by atoms with Crippen molar-refractivity contribution in [1.82, 2.24) is 0 Å². The van der Waals surface area contributed by atoms with Crippen LogP contribution in [0.25, 0.3) is 12.2 Å². The second-order valence-corrected chi connectivity index (χ2v) is 10.8. The molecule has 0 heterocycles. The lowest BCUT2D eigenvalue weighted by molar-refractivity contribution is 0.0696. The molecule has 2 heteroatoms. The van der Waals surface area contributed by atoms with Crippen molar-refractivity contribution < 1.29 is 9.90 Å². The minimum atomic E-state index is -0.900.